The molecule has 0 radical (unpaired) electrons. The van der Waals surface area contributed by atoms with Crippen LogP contribution >= 0.6 is 0 Å². The van der Waals surface area contributed by atoms with E-state index in [4.69, 9.17) is 5.11 Å². The molecule has 0 fully saturated rings. The van der Waals surface area contributed by atoms with Crippen molar-refractivity contribution in [2.24, 2.45) is 0 Å². The number of anilines is 1. The molecule has 0 aliphatic carbocycles. The van der Waals surface area contributed by atoms with Crippen LogP contribution < -0.4 is 5.32 Å². The summed E-state index contributed by atoms with van der Waals surface area (Å²) in [5.41, 5.74) is 2.36. The molecule has 17 heavy (non-hydrogen) atoms. The van der Waals surface area contributed by atoms with Gasteiger partial charge in [0.05, 0.1) is 5.56 Å². The van der Waals surface area contributed by atoms with E-state index >= 15 is 0 Å². The maximum Gasteiger partial charge on any atom is 0.335 e. The number of aromatic carboxylic acids is 1. The largest absolute Gasteiger partial charge is 0.478 e. The summed E-state index contributed by atoms with van der Waals surface area (Å²) in [7, 11) is 0. The molecule has 0 aliphatic rings. The Morgan fingerprint density at radius 2 is 2.06 bits per heavy atom. The van der Waals surface area contributed by atoms with Gasteiger partial charge in [0.25, 0.3) is 0 Å². The van der Waals surface area contributed by atoms with Crippen LogP contribution in [0.1, 0.15) is 48.5 Å². The first-order valence-corrected chi connectivity index (χ1v) is 6.23. The molecule has 1 aromatic carbocycles. The van der Waals surface area contributed by atoms with Crippen LogP contribution in [0.2, 0.25) is 0 Å². The summed E-state index contributed by atoms with van der Waals surface area (Å²) in [5.74, 6) is -0.876. The fourth-order valence-corrected chi connectivity index (χ4v) is 1.72. The van der Waals surface area contributed by atoms with Gasteiger partial charge in [-0.3, -0.25) is 0 Å². The first-order valence-electron chi connectivity index (χ1n) is 6.23. The number of nitrogens with one attached hydrogen (secondary N) is 1. The highest BCUT2D eigenvalue weighted by Crippen LogP contribution is 2.17. The number of benzene rings is 1. The number of rotatable bonds is 7. The molecular formula is C14H21NO2. The number of hydrogen-bond donors (Lipinski definition) is 2. The molecule has 0 bridgehead atoms. The normalized spacial score (nSPS) is 10.2. The third-order valence-corrected chi connectivity index (χ3v) is 2.83. The number of carboxylic acids is 1. The van der Waals surface area contributed by atoms with E-state index in [2.05, 4.69) is 12.2 Å². The summed E-state index contributed by atoms with van der Waals surface area (Å²) < 4.78 is 0. The number of unbranched alkanes of at least 4 members (excludes halogenated alkanes) is 3. The predicted octanol–water partition coefficient (Wildman–Crippen LogP) is 3.69. The molecule has 0 unspecified atom stereocenters. The van der Waals surface area contributed by atoms with Crippen LogP contribution in [0.4, 0.5) is 5.69 Å². The predicted molar refractivity (Wildman–Crippen MR) is 70.8 cm³/mol. The van der Waals surface area contributed by atoms with Crippen LogP contribution in [0.3, 0.4) is 0 Å². The highest BCUT2D eigenvalue weighted by Gasteiger charge is 2.05. The fraction of sp³-hybridized carbons (Fsp3) is 0.500. The van der Waals surface area contributed by atoms with Crippen molar-refractivity contribution in [1.29, 1.82) is 0 Å². The average molecular weight is 235 g/mol. The highest BCUT2D eigenvalue weighted by atomic mass is 16.4. The molecule has 2 N–H and O–H groups in total. The zero-order valence-electron chi connectivity index (χ0n) is 10.6. The molecule has 0 saturated carbocycles. The van der Waals surface area contributed by atoms with Crippen LogP contribution in [0.5, 0.6) is 0 Å². The Morgan fingerprint density at radius 3 is 2.71 bits per heavy atom. The molecule has 3 heteroatoms. The molecule has 0 heterocycles. The minimum absolute atomic E-state index is 0.339. The summed E-state index contributed by atoms with van der Waals surface area (Å²) in [6.45, 7) is 5.08. The average Bonchev–Trinajstić information content (AvgIpc) is 2.30. The molecule has 0 aliphatic heterocycles. The summed E-state index contributed by atoms with van der Waals surface area (Å²) in [4.78, 5) is 10.9. The van der Waals surface area contributed by atoms with E-state index in [0.717, 1.165) is 24.2 Å². The van der Waals surface area contributed by atoms with Gasteiger partial charge in [0.2, 0.25) is 0 Å². The van der Waals surface area contributed by atoms with Crippen molar-refractivity contribution in [2.75, 3.05) is 11.9 Å². The van der Waals surface area contributed by atoms with E-state index in [9.17, 15) is 4.79 Å². The second-order valence-corrected chi connectivity index (χ2v) is 4.32. The van der Waals surface area contributed by atoms with Gasteiger partial charge < -0.3 is 10.4 Å². The molecular weight excluding hydrogens is 214 g/mol. The van der Waals surface area contributed by atoms with Gasteiger partial charge in [-0.1, -0.05) is 32.3 Å². The van der Waals surface area contributed by atoms with E-state index in [0.29, 0.717) is 5.56 Å². The van der Waals surface area contributed by atoms with Gasteiger partial charge in [0.15, 0.2) is 0 Å². The molecule has 0 amide bonds. The minimum atomic E-state index is -0.876. The maximum absolute atomic E-state index is 10.9. The Labute approximate surface area is 103 Å². The van der Waals surface area contributed by atoms with Gasteiger partial charge >= 0.3 is 5.97 Å². The Morgan fingerprint density at radius 1 is 1.29 bits per heavy atom. The summed E-state index contributed by atoms with van der Waals surface area (Å²) in [6.07, 6.45) is 4.84. The number of carboxylic acid groups (broad SMARTS) is 1. The zero-order valence-corrected chi connectivity index (χ0v) is 10.6. The Kier molecular flexibility index (Phi) is 5.53. The third kappa shape index (κ3) is 4.47. The van der Waals surface area contributed by atoms with Crippen molar-refractivity contribution < 1.29 is 9.90 Å². The summed E-state index contributed by atoms with van der Waals surface area (Å²) >= 11 is 0. The van der Waals surface area contributed by atoms with E-state index in [1.165, 1.54) is 19.3 Å². The second-order valence-electron chi connectivity index (χ2n) is 4.32. The van der Waals surface area contributed by atoms with Crippen molar-refractivity contribution in [3.63, 3.8) is 0 Å². The molecule has 1 rings (SSSR count). The molecule has 0 saturated heterocycles. The molecule has 94 valence electrons. The van der Waals surface area contributed by atoms with Gasteiger partial charge in [0.1, 0.15) is 0 Å². The number of hydrogen-bond acceptors (Lipinski definition) is 2. The lowest BCUT2D eigenvalue weighted by Gasteiger charge is -2.10. The first kappa shape index (κ1) is 13.6. The van der Waals surface area contributed by atoms with Gasteiger partial charge in [-0.2, -0.15) is 0 Å². The Hall–Kier alpha value is -1.51. The molecule has 0 spiro atoms. The Balaban J connectivity index is 2.51. The topological polar surface area (TPSA) is 49.3 Å². The third-order valence-electron chi connectivity index (χ3n) is 2.83. The lowest BCUT2D eigenvalue weighted by atomic mass is 10.1. The quantitative estimate of drug-likeness (QED) is 0.709. The van der Waals surface area contributed by atoms with Crippen molar-refractivity contribution in [3.05, 3.63) is 29.3 Å². The minimum Gasteiger partial charge on any atom is -0.478 e. The molecule has 0 atom stereocenters. The first-order chi connectivity index (χ1) is 8.15. The zero-order chi connectivity index (χ0) is 12.7. The maximum atomic E-state index is 10.9. The van der Waals surface area contributed by atoms with Gasteiger partial charge in [0, 0.05) is 12.2 Å². The molecule has 0 aromatic heterocycles. The van der Waals surface area contributed by atoms with Crippen LogP contribution in [-0.4, -0.2) is 17.6 Å². The van der Waals surface area contributed by atoms with E-state index in [1.807, 2.05) is 13.0 Å². The van der Waals surface area contributed by atoms with Crippen LogP contribution in [0.25, 0.3) is 0 Å². The lowest BCUT2D eigenvalue weighted by molar-refractivity contribution is 0.0697. The fourth-order valence-electron chi connectivity index (χ4n) is 1.72. The van der Waals surface area contributed by atoms with Gasteiger partial charge in [-0.15, -0.1) is 0 Å². The van der Waals surface area contributed by atoms with Crippen molar-refractivity contribution >= 4 is 11.7 Å². The van der Waals surface area contributed by atoms with E-state index in [-0.39, 0.29) is 0 Å². The van der Waals surface area contributed by atoms with Crippen molar-refractivity contribution in [1.82, 2.24) is 0 Å². The van der Waals surface area contributed by atoms with Crippen molar-refractivity contribution in [3.8, 4) is 0 Å². The Bertz CT molecular complexity index is 374. The van der Waals surface area contributed by atoms with Crippen LogP contribution in [0, 0.1) is 6.92 Å². The van der Waals surface area contributed by atoms with Crippen LogP contribution in [0.15, 0.2) is 18.2 Å². The SMILES string of the molecule is CCCCCCNc1cc(C(=O)O)ccc1C. The molecule has 1 aromatic rings. The van der Waals surface area contributed by atoms with Gasteiger partial charge in [-0.25, -0.2) is 4.79 Å². The monoisotopic (exact) mass is 235 g/mol. The van der Waals surface area contributed by atoms with Crippen molar-refractivity contribution in [2.45, 2.75) is 39.5 Å². The highest BCUT2D eigenvalue weighted by molar-refractivity contribution is 5.89. The molecule has 3 nitrogen and oxygen atoms in total. The smallest absolute Gasteiger partial charge is 0.335 e. The van der Waals surface area contributed by atoms with Gasteiger partial charge in [-0.05, 0) is 31.0 Å². The van der Waals surface area contributed by atoms with Crippen LogP contribution in [-0.2, 0) is 0 Å². The summed E-state index contributed by atoms with van der Waals surface area (Å²) in [5, 5.41) is 12.2. The number of aryl methyl sites for hydroxylation is 1. The standard InChI is InChI=1S/C14H21NO2/c1-3-4-5-6-9-15-13-10-12(14(16)17)8-7-11(13)2/h7-8,10,15H,3-6,9H2,1-2H3,(H,16,17). The van der Waals surface area contributed by atoms with E-state index < -0.39 is 5.97 Å². The summed E-state index contributed by atoms with van der Waals surface area (Å²) in [6, 6.07) is 5.19. The lowest BCUT2D eigenvalue weighted by Crippen LogP contribution is -2.05. The number of carbonyl (C=O) groups is 1. The second kappa shape index (κ2) is 6.94. The van der Waals surface area contributed by atoms with E-state index in [1.54, 1.807) is 12.1 Å².